The van der Waals surface area contributed by atoms with E-state index < -0.39 is 0 Å². The maximum atomic E-state index is 6.13. The first kappa shape index (κ1) is 22.9. The third-order valence-electron chi connectivity index (χ3n) is 5.74. The molecule has 1 atom stereocenters. The molecule has 0 radical (unpaired) electrons. The van der Waals surface area contributed by atoms with Crippen molar-refractivity contribution in [1.29, 1.82) is 0 Å². The summed E-state index contributed by atoms with van der Waals surface area (Å²) >= 11 is 0. The lowest BCUT2D eigenvalue weighted by atomic mass is 10.1. The van der Waals surface area contributed by atoms with E-state index in [4.69, 9.17) is 14.2 Å². The number of aliphatic imine (C=N–C) groups is 1. The van der Waals surface area contributed by atoms with E-state index in [1.807, 2.05) is 33.0 Å². The van der Waals surface area contributed by atoms with E-state index in [1.54, 1.807) is 0 Å². The molecular formula is C24H39N3O3. The van der Waals surface area contributed by atoms with Crippen LogP contribution in [-0.2, 0) is 15.9 Å². The lowest BCUT2D eigenvalue weighted by Gasteiger charge is -2.35. The molecule has 3 rings (SSSR count). The number of nitrogens with one attached hydrogen (secondary N) is 1. The third kappa shape index (κ3) is 7.47. The van der Waals surface area contributed by atoms with Gasteiger partial charge in [0.05, 0.1) is 24.9 Å². The molecule has 30 heavy (non-hydrogen) atoms. The Kier molecular flexibility index (Phi) is 9.27. The smallest absolute Gasteiger partial charge is 0.193 e. The monoisotopic (exact) mass is 417 g/mol. The van der Waals surface area contributed by atoms with Gasteiger partial charge in [0.25, 0.3) is 0 Å². The Balaban J connectivity index is 1.34. The number of guanidine groups is 1. The van der Waals surface area contributed by atoms with Crippen LogP contribution in [0, 0.1) is 0 Å². The standard InChI is InChI=1S/C24H39N3O3/c1-19(2)30-22-9-7-20(8-10-22)11-14-26-24(25-3)27-15-12-21(13-16-27)29-18-23-6-4-5-17-28-23/h7-10,19,21,23H,4-6,11-18H2,1-3H3,(H,25,26). The van der Waals surface area contributed by atoms with Gasteiger partial charge in [0.2, 0.25) is 0 Å². The van der Waals surface area contributed by atoms with Crippen LogP contribution in [0.5, 0.6) is 5.75 Å². The molecule has 2 aliphatic rings. The van der Waals surface area contributed by atoms with Crippen LogP contribution in [0.3, 0.4) is 0 Å². The Morgan fingerprint density at radius 1 is 1.17 bits per heavy atom. The fourth-order valence-corrected chi connectivity index (χ4v) is 4.07. The molecule has 6 nitrogen and oxygen atoms in total. The molecule has 0 spiro atoms. The first-order chi connectivity index (χ1) is 14.6. The van der Waals surface area contributed by atoms with Crippen molar-refractivity contribution in [3.63, 3.8) is 0 Å². The topological polar surface area (TPSA) is 55.3 Å². The Hall–Kier alpha value is -1.79. The van der Waals surface area contributed by atoms with Crippen molar-refractivity contribution in [2.75, 3.05) is 39.9 Å². The second-order valence-electron chi connectivity index (χ2n) is 8.54. The van der Waals surface area contributed by atoms with Gasteiger partial charge in [0.1, 0.15) is 5.75 Å². The van der Waals surface area contributed by atoms with Gasteiger partial charge in [-0.1, -0.05) is 12.1 Å². The van der Waals surface area contributed by atoms with E-state index in [2.05, 4.69) is 27.3 Å². The second kappa shape index (κ2) is 12.2. The molecule has 6 heteroatoms. The molecule has 1 N–H and O–H groups in total. The van der Waals surface area contributed by atoms with Crippen LogP contribution in [0.4, 0.5) is 0 Å². The fraction of sp³-hybridized carbons (Fsp3) is 0.708. The number of rotatable bonds is 8. The van der Waals surface area contributed by atoms with Crippen molar-refractivity contribution in [2.24, 2.45) is 4.99 Å². The summed E-state index contributed by atoms with van der Waals surface area (Å²) in [5.41, 5.74) is 1.30. The molecule has 2 saturated heterocycles. The van der Waals surface area contributed by atoms with Crippen molar-refractivity contribution in [3.05, 3.63) is 29.8 Å². The second-order valence-corrected chi connectivity index (χ2v) is 8.54. The summed E-state index contributed by atoms with van der Waals surface area (Å²) in [4.78, 5) is 6.83. The Bertz CT molecular complexity index is 634. The van der Waals surface area contributed by atoms with Gasteiger partial charge in [-0.3, -0.25) is 4.99 Å². The molecule has 1 unspecified atom stereocenters. The minimum Gasteiger partial charge on any atom is -0.491 e. The number of hydrogen-bond donors (Lipinski definition) is 1. The van der Waals surface area contributed by atoms with E-state index in [0.29, 0.717) is 12.2 Å². The third-order valence-corrected chi connectivity index (χ3v) is 5.74. The fourth-order valence-electron chi connectivity index (χ4n) is 4.07. The molecule has 2 fully saturated rings. The zero-order chi connectivity index (χ0) is 21.2. The average Bonchev–Trinajstić information content (AvgIpc) is 2.77. The van der Waals surface area contributed by atoms with Crippen molar-refractivity contribution in [1.82, 2.24) is 10.2 Å². The van der Waals surface area contributed by atoms with Gasteiger partial charge in [-0.15, -0.1) is 0 Å². The first-order valence-electron chi connectivity index (χ1n) is 11.6. The van der Waals surface area contributed by atoms with E-state index in [-0.39, 0.29) is 6.10 Å². The van der Waals surface area contributed by atoms with Crippen LogP contribution in [-0.4, -0.2) is 69.1 Å². The molecule has 2 heterocycles. The highest BCUT2D eigenvalue weighted by Crippen LogP contribution is 2.18. The van der Waals surface area contributed by atoms with E-state index in [9.17, 15) is 0 Å². The summed E-state index contributed by atoms with van der Waals surface area (Å²) in [5, 5.41) is 3.52. The van der Waals surface area contributed by atoms with Crippen LogP contribution in [0.1, 0.15) is 51.5 Å². The lowest BCUT2D eigenvalue weighted by molar-refractivity contribution is -0.0721. The summed E-state index contributed by atoms with van der Waals surface area (Å²) in [7, 11) is 1.86. The van der Waals surface area contributed by atoms with Crippen LogP contribution < -0.4 is 10.1 Å². The van der Waals surface area contributed by atoms with Gasteiger partial charge >= 0.3 is 0 Å². The molecule has 1 aromatic carbocycles. The van der Waals surface area contributed by atoms with Gasteiger partial charge in [-0.2, -0.15) is 0 Å². The van der Waals surface area contributed by atoms with Crippen LogP contribution in [0.15, 0.2) is 29.3 Å². The predicted molar refractivity (Wildman–Crippen MR) is 121 cm³/mol. The van der Waals surface area contributed by atoms with Crippen molar-refractivity contribution < 1.29 is 14.2 Å². The van der Waals surface area contributed by atoms with E-state index in [0.717, 1.165) is 70.2 Å². The molecule has 0 bridgehead atoms. The molecule has 0 saturated carbocycles. The Morgan fingerprint density at radius 2 is 1.93 bits per heavy atom. The summed E-state index contributed by atoms with van der Waals surface area (Å²) in [6, 6.07) is 8.38. The number of nitrogens with zero attached hydrogens (tertiary/aromatic N) is 2. The number of benzene rings is 1. The molecule has 0 aromatic heterocycles. The zero-order valence-electron chi connectivity index (χ0n) is 18.9. The van der Waals surface area contributed by atoms with Crippen molar-refractivity contribution in [2.45, 2.75) is 70.7 Å². The van der Waals surface area contributed by atoms with E-state index in [1.165, 1.54) is 18.4 Å². The van der Waals surface area contributed by atoms with Crippen LogP contribution in [0.25, 0.3) is 0 Å². The van der Waals surface area contributed by atoms with Crippen molar-refractivity contribution in [3.8, 4) is 5.75 Å². The first-order valence-corrected chi connectivity index (χ1v) is 11.6. The minimum atomic E-state index is 0.205. The normalized spacial score (nSPS) is 21.1. The van der Waals surface area contributed by atoms with Crippen molar-refractivity contribution >= 4 is 5.96 Å². The Morgan fingerprint density at radius 3 is 2.57 bits per heavy atom. The largest absolute Gasteiger partial charge is 0.491 e. The van der Waals surface area contributed by atoms with Crippen LogP contribution >= 0.6 is 0 Å². The highest BCUT2D eigenvalue weighted by Gasteiger charge is 2.23. The molecule has 0 aliphatic carbocycles. The van der Waals surface area contributed by atoms with Gasteiger partial charge in [-0.05, 0) is 70.1 Å². The highest BCUT2D eigenvalue weighted by atomic mass is 16.5. The molecule has 2 aliphatic heterocycles. The maximum Gasteiger partial charge on any atom is 0.193 e. The summed E-state index contributed by atoms with van der Waals surface area (Å²) in [5.74, 6) is 1.92. The highest BCUT2D eigenvalue weighted by molar-refractivity contribution is 5.79. The van der Waals surface area contributed by atoms with Gasteiger partial charge in [0.15, 0.2) is 5.96 Å². The number of ether oxygens (including phenoxy) is 3. The van der Waals surface area contributed by atoms with Gasteiger partial charge < -0.3 is 24.4 Å². The quantitative estimate of drug-likeness (QED) is 0.517. The zero-order valence-corrected chi connectivity index (χ0v) is 18.9. The minimum absolute atomic E-state index is 0.205. The number of hydrogen-bond acceptors (Lipinski definition) is 4. The molecular weight excluding hydrogens is 378 g/mol. The molecule has 0 amide bonds. The molecule has 1 aromatic rings. The van der Waals surface area contributed by atoms with Gasteiger partial charge in [-0.25, -0.2) is 0 Å². The summed E-state index contributed by atoms with van der Waals surface area (Å²) in [6.07, 6.45) is 7.51. The Labute approximate surface area is 182 Å². The number of likely N-dealkylation sites (tertiary alicyclic amines) is 1. The maximum absolute atomic E-state index is 6.13. The van der Waals surface area contributed by atoms with Gasteiger partial charge in [0, 0.05) is 33.3 Å². The predicted octanol–water partition coefficient (Wildman–Crippen LogP) is 3.64. The SMILES string of the molecule is CN=C(NCCc1ccc(OC(C)C)cc1)N1CCC(OCC2CCCCO2)CC1. The molecule has 168 valence electrons. The number of piperidine rings is 1. The summed E-state index contributed by atoms with van der Waals surface area (Å²) < 4.78 is 17.6. The van der Waals surface area contributed by atoms with E-state index >= 15 is 0 Å². The van der Waals surface area contributed by atoms with Crippen LogP contribution in [0.2, 0.25) is 0 Å². The average molecular weight is 418 g/mol. The summed E-state index contributed by atoms with van der Waals surface area (Å²) in [6.45, 7) is 8.57. The lowest BCUT2D eigenvalue weighted by Crippen LogP contribution is -2.47.